The van der Waals surface area contributed by atoms with E-state index in [4.69, 9.17) is 4.74 Å². The summed E-state index contributed by atoms with van der Waals surface area (Å²) in [6.07, 6.45) is -1.36. The van der Waals surface area contributed by atoms with Gasteiger partial charge in [-0.2, -0.15) is 18.3 Å². The molecule has 1 aromatic carbocycles. The van der Waals surface area contributed by atoms with Gasteiger partial charge < -0.3 is 15.0 Å². The van der Waals surface area contributed by atoms with E-state index < -0.39 is 11.7 Å². The molecular weight excluding hydrogens is 461 g/mol. The number of ether oxygens (including phenoxy) is 1. The van der Waals surface area contributed by atoms with Crippen molar-refractivity contribution in [3.05, 3.63) is 59.7 Å². The van der Waals surface area contributed by atoms with Crippen LogP contribution in [0.15, 0.2) is 42.7 Å². The lowest BCUT2D eigenvalue weighted by atomic mass is 9.97. The van der Waals surface area contributed by atoms with Gasteiger partial charge in [0.1, 0.15) is 24.5 Å². The lowest BCUT2D eigenvalue weighted by Crippen LogP contribution is -2.44. The molecule has 1 aliphatic rings. The minimum Gasteiger partial charge on any atom is -0.492 e. The number of piperidine rings is 1. The zero-order valence-electron chi connectivity index (χ0n) is 19.5. The van der Waals surface area contributed by atoms with Crippen LogP contribution in [0.3, 0.4) is 0 Å². The Morgan fingerprint density at radius 1 is 1.17 bits per heavy atom. The molecule has 3 aromatic rings. The molecule has 1 fully saturated rings. The smallest absolute Gasteiger partial charge is 0.416 e. The minimum atomic E-state index is -4.43. The summed E-state index contributed by atoms with van der Waals surface area (Å²) < 4.78 is 45.6. The van der Waals surface area contributed by atoms with Gasteiger partial charge in [-0.15, -0.1) is 0 Å². The molecule has 1 atom stereocenters. The van der Waals surface area contributed by atoms with E-state index in [9.17, 15) is 18.0 Å². The number of hydrogen-bond donors (Lipinski definition) is 1. The van der Waals surface area contributed by atoms with Gasteiger partial charge in [-0.25, -0.2) is 14.6 Å². The minimum absolute atomic E-state index is 0.0708. The van der Waals surface area contributed by atoms with Crippen molar-refractivity contribution in [3.8, 4) is 11.6 Å². The molecule has 8 nitrogen and oxygen atoms in total. The normalized spacial score (nSPS) is 16.3. The molecule has 11 heteroatoms. The first-order valence-electron chi connectivity index (χ1n) is 11.4. The fourth-order valence-electron chi connectivity index (χ4n) is 4.14. The van der Waals surface area contributed by atoms with E-state index in [1.807, 2.05) is 26.0 Å². The molecule has 186 valence electrons. The Hall–Kier alpha value is -3.63. The number of amides is 1. The van der Waals surface area contributed by atoms with Crippen molar-refractivity contribution in [1.29, 1.82) is 0 Å². The molecule has 3 heterocycles. The Morgan fingerprint density at radius 2 is 1.97 bits per heavy atom. The first-order valence-corrected chi connectivity index (χ1v) is 11.4. The van der Waals surface area contributed by atoms with Gasteiger partial charge in [-0.05, 0) is 51.0 Å². The highest BCUT2D eigenvalue weighted by Gasteiger charge is 2.30. The zero-order chi connectivity index (χ0) is 25.0. The van der Waals surface area contributed by atoms with Gasteiger partial charge in [-0.1, -0.05) is 6.07 Å². The first-order chi connectivity index (χ1) is 16.7. The van der Waals surface area contributed by atoms with E-state index >= 15 is 0 Å². The third-order valence-corrected chi connectivity index (χ3v) is 5.81. The van der Waals surface area contributed by atoms with Crippen LogP contribution in [0.5, 0.6) is 5.75 Å². The molecule has 4 rings (SSSR count). The molecule has 1 saturated heterocycles. The summed E-state index contributed by atoms with van der Waals surface area (Å²) in [6.45, 7) is 5.43. The first kappa shape index (κ1) is 24.5. The van der Waals surface area contributed by atoms with Crippen molar-refractivity contribution < 1.29 is 22.7 Å². The van der Waals surface area contributed by atoms with Crippen LogP contribution in [-0.2, 0) is 11.0 Å². The van der Waals surface area contributed by atoms with E-state index in [1.54, 1.807) is 4.68 Å². The number of alkyl halides is 3. The Balaban J connectivity index is 1.30. The second kappa shape index (κ2) is 10.3. The van der Waals surface area contributed by atoms with Gasteiger partial charge in [0, 0.05) is 24.8 Å². The maximum absolute atomic E-state index is 12.8. The Morgan fingerprint density at radius 3 is 2.71 bits per heavy atom. The zero-order valence-corrected chi connectivity index (χ0v) is 19.5. The molecule has 0 aliphatic carbocycles. The van der Waals surface area contributed by atoms with Crippen molar-refractivity contribution in [2.75, 3.05) is 31.1 Å². The van der Waals surface area contributed by atoms with Crippen LogP contribution in [0.25, 0.3) is 5.82 Å². The maximum atomic E-state index is 12.8. The quantitative estimate of drug-likeness (QED) is 0.511. The number of carbonyl (C=O) groups excluding carboxylic acids is 1. The molecule has 0 bridgehead atoms. The number of nitrogens with one attached hydrogen (secondary N) is 1. The second-order valence-electron chi connectivity index (χ2n) is 8.52. The molecule has 0 radical (unpaired) electrons. The molecular formula is C24H27F3N6O2. The van der Waals surface area contributed by atoms with Crippen molar-refractivity contribution in [3.63, 3.8) is 0 Å². The lowest BCUT2D eigenvalue weighted by molar-refractivity contribution is -0.137. The third-order valence-electron chi connectivity index (χ3n) is 5.81. The summed E-state index contributed by atoms with van der Waals surface area (Å²) in [4.78, 5) is 23.5. The van der Waals surface area contributed by atoms with E-state index in [0.717, 1.165) is 48.7 Å². The number of nitrogens with zero attached hydrogens (tertiary/aromatic N) is 5. The summed E-state index contributed by atoms with van der Waals surface area (Å²) >= 11 is 0. The van der Waals surface area contributed by atoms with Gasteiger partial charge in [0.2, 0.25) is 5.91 Å². The predicted molar refractivity (Wildman–Crippen MR) is 124 cm³/mol. The van der Waals surface area contributed by atoms with Gasteiger partial charge in [0.05, 0.1) is 23.7 Å². The number of aryl methyl sites for hydroxylation is 2. The van der Waals surface area contributed by atoms with Crippen molar-refractivity contribution in [1.82, 2.24) is 25.1 Å². The van der Waals surface area contributed by atoms with E-state index in [-0.39, 0.29) is 30.7 Å². The molecule has 1 aliphatic heterocycles. The van der Waals surface area contributed by atoms with Crippen LogP contribution in [0.2, 0.25) is 0 Å². The summed E-state index contributed by atoms with van der Waals surface area (Å²) in [6, 6.07) is 8.52. The number of halogens is 3. The highest BCUT2D eigenvalue weighted by atomic mass is 19.4. The van der Waals surface area contributed by atoms with Gasteiger partial charge >= 0.3 is 6.18 Å². The monoisotopic (exact) mass is 488 g/mol. The maximum Gasteiger partial charge on any atom is 0.416 e. The van der Waals surface area contributed by atoms with Crippen LogP contribution in [0.1, 0.15) is 29.8 Å². The molecule has 35 heavy (non-hydrogen) atoms. The van der Waals surface area contributed by atoms with E-state index in [1.165, 1.54) is 18.5 Å². The number of benzene rings is 1. The van der Waals surface area contributed by atoms with Crippen molar-refractivity contribution >= 4 is 11.7 Å². The van der Waals surface area contributed by atoms with E-state index in [2.05, 4.69) is 25.3 Å². The largest absolute Gasteiger partial charge is 0.492 e. The summed E-state index contributed by atoms with van der Waals surface area (Å²) in [5.41, 5.74) is 1.09. The Bertz CT molecular complexity index is 1180. The Kier molecular flexibility index (Phi) is 7.23. The van der Waals surface area contributed by atoms with Crippen LogP contribution in [0, 0.1) is 19.8 Å². The van der Waals surface area contributed by atoms with Gasteiger partial charge in [0.15, 0.2) is 5.82 Å². The molecule has 0 spiro atoms. The van der Waals surface area contributed by atoms with Crippen LogP contribution in [-0.4, -0.2) is 51.9 Å². The van der Waals surface area contributed by atoms with Crippen molar-refractivity contribution in [2.24, 2.45) is 5.92 Å². The standard InChI is InChI=1S/C24H27F3N6O2/c1-16-11-17(2)33(31-16)22-13-21(29-15-30-22)32-9-4-5-18(14-32)23(34)28-8-10-35-20-7-3-6-19(12-20)24(25,26)27/h3,6-7,11-13,15,18H,4-5,8-10,14H2,1-2H3,(H,28,34). The van der Waals surface area contributed by atoms with Crippen LogP contribution >= 0.6 is 0 Å². The molecule has 0 saturated carbocycles. The highest BCUT2D eigenvalue weighted by Crippen LogP contribution is 2.31. The third kappa shape index (κ3) is 6.09. The Labute approximate surface area is 201 Å². The van der Waals surface area contributed by atoms with Gasteiger partial charge in [-0.3, -0.25) is 4.79 Å². The fraction of sp³-hybridized carbons (Fsp3) is 0.417. The SMILES string of the molecule is Cc1cc(C)n(-c2cc(N3CCCC(C(=O)NCCOc4cccc(C(F)(F)F)c4)C3)ncn2)n1. The molecule has 1 N–H and O–H groups in total. The fourth-order valence-corrected chi connectivity index (χ4v) is 4.14. The average molecular weight is 489 g/mol. The number of hydrogen-bond acceptors (Lipinski definition) is 6. The number of aromatic nitrogens is 4. The average Bonchev–Trinajstić information content (AvgIpc) is 3.19. The predicted octanol–water partition coefficient (Wildman–Crippen LogP) is 3.71. The van der Waals surface area contributed by atoms with E-state index in [0.29, 0.717) is 12.4 Å². The molecule has 1 unspecified atom stereocenters. The summed E-state index contributed by atoms with van der Waals surface area (Å²) in [5, 5.41) is 7.29. The topological polar surface area (TPSA) is 85.2 Å². The molecule has 1 amide bonds. The highest BCUT2D eigenvalue weighted by molar-refractivity contribution is 5.79. The number of carbonyl (C=O) groups is 1. The molecule has 2 aromatic heterocycles. The van der Waals surface area contributed by atoms with Crippen LogP contribution < -0.4 is 15.0 Å². The van der Waals surface area contributed by atoms with Crippen LogP contribution in [0.4, 0.5) is 19.0 Å². The lowest BCUT2D eigenvalue weighted by Gasteiger charge is -2.32. The summed E-state index contributed by atoms with van der Waals surface area (Å²) in [5.74, 6) is 1.16. The number of rotatable bonds is 7. The second-order valence-corrected chi connectivity index (χ2v) is 8.52. The summed E-state index contributed by atoms with van der Waals surface area (Å²) in [7, 11) is 0. The number of anilines is 1. The van der Waals surface area contributed by atoms with Crippen molar-refractivity contribution in [2.45, 2.75) is 32.9 Å². The van der Waals surface area contributed by atoms with Gasteiger partial charge in [0.25, 0.3) is 0 Å².